The molecule has 3 aromatic carbocycles. The van der Waals surface area contributed by atoms with Crippen LogP contribution in [0.15, 0.2) is 72.1 Å². The van der Waals surface area contributed by atoms with Crippen molar-refractivity contribution < 1.29 is 14.7 Å². The van der Waals surface area contributed by atoms with Crippen LogP contribution in [0.3, 0.4) is 0 Å². The minimum absolute atomic E-state index is 0.0765. The van der Waals surface area contributed by atoms with E-state index < -0.39 is 12.1 Å². The van der Waals surface area contributed by atoms with E-state index in [2.05, 4.69) is 15.6 Å². The molecule has 0 spiro atoms. The Morgan fingerprint density at radius 3 is 2.43 bits per heavy atom. The Bertz CT molecular complexity index is 1640. The number of nitrogens with zero attached hydrogens (tertiary/aromatic N) is 3. The van der Waals surface area contributed by atoms with Crippen LogP contribution in [0, 0.1) is 6.92 Å². The molecule has 0 bridgehead atoms. The van der Waals surface area contributed by atoms with E-state index in [0.29, 0.717) is 40.7 Å². The van der Waals surface area contributed by atoms with E-state index in [1.165, 1.54) is 0 Å². The minimum Gasteiger partial charge on any atom is -0.390 e. The number of amides is 2. The molecule has 3 unspecified atom stereocenters. The third-order valence-corrected chi connectivity index (χ3v) is 9.56. The molecule has 1 fully saturated rings. The van der Waals surface area contributed by atoms with Gasteiger partial charge in [0, 0.05) is 71.7 Å². The van der Waals surface area contributed by atoms with Gasteiger partial charge in [0.1, 0.15) is 5.01 Å². The van der Waals surface area contributed by atoms with Crippen molar-refractivity contribution in [1.82, 2.24) is 20.5 Å². The number of benzene rings is 3. The van der Waals surface area contributed by atoms with Gasteiger partial charge in [0.15, 0.2) is 0 Å². The molecule has 0 aliphatic carbocycles. The molecule has 8 nitrogen and oxygen atoms in total. The zero-order valence-electron chi connectivity index (χ0n) is 26.2. The molecule has 5 rings (SSSR count). The fourth-order valence-electron chi connectivity index (χ4n) is 5.70. The van der Waals surface area contributed by atoms with Crippen molar-refractivity contribution in [2.45, 2.75) is 50.9 Å². The molecule has 1 saturated heterocycles. The maximum Gasteiger partial charge on any atom is 0.254 e. The van der Waals surface area contributed by atoms with Crippen LogP contribution >= 0.6 is 34.5 Å². The average Bonchev–Trinajstić information content (AvgIpc) is 3.69. The highest BCUT2D eigenvalue weighted by molar-refractivity contribution is 7.09. The van der Waals surface area contributed by atoms with Gasteiger partial charge in [-0.05, 0) is 73.7 Å². The molecule has 1 aliphatic heterocycles. The molecule has 46 heavy (non-hydrogen) atoms. The van der Waals surface area contributed by atoms with Gasteiger partial charge < -0.3 is 25.5 Å². The van der Waals surface area contributed by atoms with Crippen molar-refractivity contribution in [3.05, 3.63) is 115 Å². The van der Waals surface area contributed by atoms with E-state index in [1.807, 2.05) is 84.7 Å². The summed E-state index contributed by atoms with van der Waals surface area (Å²) in [6, 6.07) is 19.6. The fourth-order valence-corrected chi connectivity index (χ4v) is 7.22. The smallest absolute Gasteiger partial charge is 0.254 e. The maximum atomic E-state index is 13.9. The van der Waals surface area contributed by atoms with Gasteiger partial charge in [-0.2, -0.15) is 0 Å². The number of carbonyl (C=O) groups is 2. The average molecular weight is 681 g/mol. The standard InChI is InChI=1S/C35H39Cl2N5O3S/c1-22-21-46-34(39-22)31-10-7-11-42(31)35(45)26-15-25(16-29(17-26)41(2)3)33(44)40-30(14-23-8-5-4-6-9-23)32(43)20-38-19-24-12-27(36)18-28(37)13-24/h4-6,8-9,12-13,15-18,21,30-32,38,43H,7,10-11,14,19-20H2,1-3H3,(H,40,44). The van der Waals surface area contributed by atoms with Crippen LogP contribution in [0.1, 0.15) is 61.4 Å². The van der Waals surface area contributed by atoms with Gasteiger partial charge in [-0.25, -0.2) is 4.98 Å². The van der Waals surface area contributed by atoms with Crippen LogP contribution in [0.4, 0.5) is 5.69 Å². The van der Waals surface area contributed by atoms with Crippen LogP contribution in [0.5, 0.6) is 0 Å². The zero-order chi connectivity index (χ0) is 32.8. The van der Waals surface area contributed by atoms with Gasteiger partial charge in [0.05, 0.1) is 18.2 Å². The van der Waals surface area contributed by atoms with Crippen LogP contribution in [0.25, 0.3) is 0 Å². The molecule has 1 aliphatic rings. The summed E-state index contributed by atoms with van der Waals surface area (Å²) < 4.78 is 0. The van der Waals surface area contributed by atoms with Crippen LogP contribution in [-0.4, -0.2) is 66.1 Å². The number of thiazole rings is 1. The van der Waals surface area contributed by atoms with Crippen molar-refractivity contribution in [3.8, 4) is 0 Å². The summed E-state index contributed by atoms with van der Waals surface area (Å²) in [7, 11) is 3.76. The van der Waals surface area contributed by atoms with Crippen LogP contribution in [0.2, 0.25) is 10.0 Å². The molecule has 0 radical (unpaired) electrons. The Morgan fingerprint density at radius 1 is 1.04 bits per heavy atom. The fraction of sp³-hybridized carbons (Fsp3) is 0.343. The van der Waals surface area contributed by atoms with Gasteiger partial charge in [-0.15, -0.1) is 11.3 Å². The lowest BCUT2D eigenvalue weighted by atomic mass is 9.99. The van der Waals surface area contributed by atoms with E-state index in [9.17, 15) is 14.7 Å². The van der Waals surface area contributed by atoms with Gasteiger partial charge in [0.25, 0.3) is 11.8 Å². The maximum absolute atomic E-state index is 13.9. The zero-order valence-corrected chi connectivity index (χ0v) is 28.5. The lowest BCUT2D eigenvalue weighted by Crippen LogP contribution is -2.48. The Morgan fingerprint density at radius 2 is 1.76 bits per heavy atom. The summed E-state index contributed by atoms with van der Waals surface area (Å²) >= 11 is 13.9. The lowest BCUT2D eigenvalue weighted by molar-refractivity contribution is 0.0735. The van der Waals surface area contributed by atoms with Gasteiger partial charge in [-0.1, -0.05) is 53.5 Å². The summed E-state index contributed by atoms with van der Waals surface area (Å²) in [6.07, 6.45) is 1.26. The molecule has 11 heteroatoms. The number of anilines is 1. The third kappa shape index (κ3) is 8.66. The first kappa shape index (κ1) is 33.9. The number of hydrogen-bond donors (Lipinski definition) is 3. The highest BCUT2D eigenvalue weighted by atomic mass is 35.5. The summed E-state index contributed by atoms with van der Waals surface area (Å²) in [4.78, 5) is 36.2. The second kappa shape index (κ2) is 15.4. The monoisotopic (exact) mass is 679 g/mol. The number of nitrogens with one attached hydrogen (secondary N) is 2. The molecular weight excluding hydrogens is 641 g/mol. The number of aryl methyl sites for hydroxylation is 1. The number of hydrogen-bond acceptors (Lipinski definition) is 7. The van der Waals surface area contributed by atoms with Crippen molar-refractivity contribution in [1.29, 1.82) is 0 Å². The van der Waals surface area contributed by atoms with Gasteiger partial charge in [-0.3, -0.25) is 9.59 Å². The van der Waals surface area contributed by atoms with E-state index in [-0.39, 0.29) is 24.4 Å². The number of halogens is 2. The van der Waals surface area contributed by atoms with E-state index in [0.717, 1.165) is 40.4 Å². The van der Waals surface area contributed by atoms with Gasteiger partial charge >= 0.3 is 0 Å². The second-order valence-electron chi connectivity index (χ2n) is 11.9. The number of carbonyl (C=O) groups excluding carboxylic acids is 2. The highest BCUT2D eigenvalue weighted by Gasteiger charge is 2.33. The molecule has 0 saturated carbocycles. The number of likely N-dealkylation sites (tertiary alicyclic amines) is 1. The molecule has 3 atom stereocenters. The third-order valence-electron chi connectivity index (χ3n) is 8.06. The van der Waals surface area contributed by atoms with Crippen molar-refractivity contribution >= 4 is 52.0 Å². The molecule has 3 N–H and O–H groups in total. The minimum atomic E-state index is -0.913. The molecule has 1 aromatic heterocycles. The topological polar surface area (TPSA) is 97.8 Å². The molecule has 4 aromatic rings. The predicted molar refractivity (Wildman–Crippen MR) is 186 cm³/mol. The lowest BCUT2D eigenvalue weighted by Gasteiger charge is -2.26. The van der Waals surface area contributed by atoms with E-state index in [1.54, 1.807) is 29.5 Å². The van der Waals surface area contributed by atoms with Crippen molar-refractivity contribution in [3.63, 3.8) is 0 Å². The Labute approximate surface area is 284 Å². The summed E-state index contributed by atoms with van der Waals surface area (Å²) in [6.45, 7) is 3.25. The molecule has 2 amide bonds. The number of aromatic nitrogens is 1. The first-order valence-electron chi connectivity index (χ1n) is 15.3. The molecular formula is C35H39Cl2N5O3S. The van der Waals surface area contributed by atoms with Crippen molar-refractivity contribution in [2.24, 2.45) is 0 Å². The normalized spacial score (nSPS) is 15.9. The SMILES string of the molecule is Cc1csc(C2CCCN2C(=O)c2cc(C(=O)NC(Cc3ccccc3)C(O)CNCc3cc(Cl)cc(Cl)c3)cc(N(C)C)c2)n1. The predicted octanol–water partition coefficient (Wildman–Crippen LogP) is 6.29. The molecule has 2 heterocycles. The quantitative estimate of drug-likeness (QED) is 0.163. The van der Waals surface area contributed by atoms with Gasteiger partial charge in [0.2, 0.25) is 0 Å². The first-order chi connectivity index (χ1) is 22.1. The highest BCUT2D eigenvalue weighted by Crippen LogP contribution is 2.35. The van der Waals surface area contributed by atoms with E-state index >= 15 is 0 Å². The van der Waals surface area contributed by atoms with E-state index in [4.69, 9.17) is 23.2 Å². The second-order valence-corrected chi connectivity index (χ2v) is 13.7. The number of aliphatic hydroxyl groups excluding tert-OH is 1. The largest absolute Gasteiger partial charge is 0.390 e. The number of aliphatic hydroxyl groups is 1. The van der Waals surface area contributed by atoms with Crippen LogP contribution < -0.4 is 15.5 Å². The summed E-state index contributed by atoms with van der Waals surface area (Å²) in [5, 5.41) is 21.7. The Kier molecular flexibility index (Phi) is 11.4. The molecule has 242 valence electrons. The van der Waals surface area contributed by atoms with Crippen LogP contribution in [-0.2, 0) is 13.0 Å². The Hall–Kier alpha value is -3.47. The summed E-state index contributed by atoms with van der Waals surface area (Å²) in [5.74, 6) is -0.493. The van der Waals surface area contributed by atoms with Crippen molar-refractivity contribution in [2.75, 3.05) is 32.1 Å². The number of rotatable bonds is 12. The first-order valence-corrected chi connectivity index (χ1v) is 16.9. The Balaban J connectivity index is 1.35. The summed E-state index contributed by atoms with van der Waals surface area (Å²) in [5.41, 5.74) is 4.34.